The summed E-state index contributed by atoms with van der Waals surface area (Å²) >= 11 is 0. The molecule has 1 N–H and O–H groups in total. The highest BCUT2D eigenvalue weighted by Crippen LogP contribution is 2.24. The molecule has 0 fully saturated rings. The van der Waals surface area contributed by atoms with Gasteiger partial charge >= 0.3 is 0 Å². The minimum atomic E-state index is -0.421. The van der Waals surface area contributed by atoms with E-state index in [1.165, 1.54) is 5.56 Å². The van der Waals surface area contributed by atoms with Gasteiger partial charge in [-0.25, -0.2) is 0 Å². The molecule has 14 heavy (non-hydrogen) atoms. The minimum absolute atomic E-state index is 0.352. The molecule has 1 aromatic rings. The molecule has 0 aliphatic heterocycles. The highest BCUT2D eigenvalue weighted by atomic mass is 16.5. The molecule has 78 valence electrons. The molecular weight excluding hydrogens is 176 g/mol. The van der Waals surface area contributed by atoms with Gasteiger partial charge in [0.2, 0.25) is 0 Å². The minimum Gasteiger partial charge on any atom is -0.490 e. The lowest BCUT2D eigenvalue weighted by Crippen LogP contribution is -2.13. The van der Waals surface area contributed by atoms with Gasteiger partial charge in [0.1, 0.15) is 12.4 Å². The second kappa shape index (κ2) is 4.47. The zero-order chi connectivity index (χ0) is 10.7. The van der Waals surface area contributed by atoms with Crippen LogP contribution in [0.2, 0.25) is 0 Å². The van der Waals surface area contributed by atoms with E-state index >= 15 is 0 Å². The third-order valence-corrected chi connectivity index (χ3v) is 2.07. The van der Waals surface area contributed by atoms with Gasteiger partial charge in [-0.3, -0.25) is 0 Å². The van der Waals surface area contributed by atoms with Crippen molar-refractivity contribution >= 4 is 0 Å². The van der Waals surface area contributed by atoms with Gasteiger partial charge in [-0.05, 0) is 38.8 Å². The predicted octanol–water partition coefficient (Wildman–Crippen LogP) is 2.37. The summed E-state index contributed by atoms with van der Waals surface area (Å²) in [4.78, 5) is 0. The normalized spacial score (nSPS) is 12.6. The van der Waals surface area contributed by atoms with Crippen molar-refractivity contribution in [1.29, 1.82) is 0 Å². The standard InChI is InChI=1S/C12H18O2/c1-8-5-9(2)12(10(3)6-8)14-7-11(4)13/h5-6,11,13H,7H2,1-4H3/t11-/m0/s1. The Balaban J connectivity index is 2.86. The summed E-state index contributed by atoms with van der Waals surface area (Å²) in [6.45, 7) is 8.19. The van der Waals surface area contributed by atoms with Crippen LogP contribution in [-0.4, -0.2) is 17.8 Å². The van der Waals surface area contributed by atoms with E-state index in [9.17, 15) is 0 Å². The molecule has 1 aromatic carbocycles. The molecular formula is C12H18O2. The van der Waals surface area contributed by atoms with Crippen LogP contribution >= 0.6 is 0 Å². The molecule has 1 atom stereocenters. The summed E-state index contributed by atoms with van der Waals surface area (Å²) in [5, 5.41) is 9.13. The first kappa shape index (κ1) is 11.1. The van der Waals surface area contributed by atoms with E-state index in [1.807, 2.05) is 13.8 Å². The number of hydrogen-bond acceptors (Lipinski definition) is 2. The fourth-order valence-electron chi connectivity index (χ4n) is 1.60. The second-order valence-corrected chi connectivity index (χ2v) is 3.89. The van der Waals surface area contributed by atoms with Crippen LogP contribution in [-0.2, 0) is 0 Å². The molecule has 0 aliphatic rings. The van der Waals surface area contributed by atoms with Gasteiger partial charge < -0.3 is 9.84 Å². The van der Waals surface area contributed by atoms with Gasteiger partial charge in [-0.1, -0.05) is 17.7 Å². The lowest BCUT2D eigenvalue weighted by Gasteiger charge is -2.14. The number of aryl methyl sites for hydroxylation is 3. The molecule has 2 heteroatoms. The Hall–Kier alpha value is -1.02. The maximum Gasteiger partial charge on any atom is 0.125 e. The Morgan fingerprint density at radius 1 is 1.21 bits per heavy atom. The molecule has 0 spiro atoms. The van der Waals surface area contributed by atoms with Gasteiger partial charge in [-0.2, -0.15) is 0 Å². The van der Waals surface area contributed by atoms with Crippen molar-refractivity contribution in [2.75, 3.05) is 6.61 Å². The zero-order valence-electron chi connectivity index (χ0n) is 9.29. The third kappa shape index (κ3) is 2.74. The molecule has 0 saturated carbocycles. The molecule has 0 bridgehead atoms. The molecule has 0 radical (unpaired) electrons. The summed E-state index contributed by atoms with van der Waals surface area (Å²) in [5.74, 6) is 0.900. The van der Waals surface area contributed by atoms with Crippen LogP contribution in [0.5, 0.6) is 5.75 Å². The van der Waals surface area contributed by atoms with Crippen LogP contribution in [0.15, 0.2) is 12.1 Å². The summed E-state index contributed by atoms with van der Waals surface area (Å²) in [6, 6.07) is 4.18. The molecule has 0 unspecified atom stereocenters. The van der Waals surface area contributed by atoms with Crippen molar-refractivity contribution in [2.45, 2.75) is 33.8 Å². The first-order valence-corrected chi connectivity index (χ1v) is 4.89. The monoisotopic (exact) mass is 194 g/mol. The molecule has 0 aromatic heterocycles. The summed E-state index contributed by atoms with van der Waals surface area (Å²) in [7, 11) is 0. The first-order chi connectivity index (χ1) is 6.50. The van der Waals surface area contributed by atoms with Crippen molar-refractivity contribution in [3.63, 3.8) is 0 Å². The SMILES string of the molecule is Cc1cc(C)c(OC[C@H](C)O)c(C)c1. The average molecular weight is 194 g/mol. The van der Waals surface area contributed by atoms with Crippen molar-refractivity contribution in [3.8, 4) is 5.75 Å². The summed E-state index contributed by atoms with van der Waals surface area (Å²) in [5.41, 5.74) is 3.50. The molecule has 0 amide bonds. The van der Waals surface area contributed by atoms with E-state index in [1.54, 1.807) is 6.92 Å². The number of aliphatic hydroxyl groups is 1. The van der Waals surface area contributed by atoms with Gasteiger partial charge in [0, 0.05) is 0 Å². The smallest absolute Gasteiger partial charge is 0.125 e. The van der Waals surface area contributed by atoms with E-state index in [-0.39, 0.29) is 0 Å². The molecule has 0 heterocycles. The van der Waals surface area contributed by atoms with Crippen LogP contribution in [0.3, 0.4) is 0 Å². The van der Waals surface area contributed by atoms with Crippen LogP contribution in [0.4, 0.5) is 0 Å². The third-order valence-electron chi connectivity index (χ3n) is 2.07. The van der Waals surface area contributed by atoms with Crippen LogP contribution in [0.1, 0.15) is 23.6 Å². The van der Waals surface area contributed by atoms with Crippen molar-refractivity contribution in [3.05, 3.63) is 28.8 Å². The fourth-order valence-corrected chi connectivity index (χ4v) is 1.60. The topological polar surface area (TPSA) is 29.5 Å². The molecule has 2 nitrogen and oxygen atoms in total. The van der Waals surface area contributed by atoms with Crippen molar-refractivity contribution in [2.24, 2.45) is 0 Å². The van der Waals surface area contributed by atoms with E-state index in [0.717, 1.165) is 16.9 Å². The molecule has 1 rings (SSSR count). The number of ether oxygens (including phenoxy) is 1. The zero-order valence-corrected chi connectivity index (χ0v) is 9.29. The number of benzene rings is 1. The number of rotatable bonds is 3. The van der Waals surface area contributed by atoms with E-state index in [4.69, 9.17) is 9.84 Å². The second-order valence-electron chi connectivity index (χ2n) is 3.89. The van der Waals surface area contributed by atoms with Gasteiger partial charge in [0.25, 0.3) is 0 Å². The average Bonchev–Trinajstić information content (AvgIpc) is 2.01. The number of hydrogen-bond donors (Lipinski definition) is 1. The Morgan fingerprint density at radius 2 is 1.71 bits per heavy atom. The van der Waals surface area contributed by atoms with Gasteiger partial charge in [0.15, 0.2) is 0 Å². The highest BCUT2D eigenvalue weighted by molar-refractivity contribution is 5.42. The van der Waals surface area contributed by atoms with E-state index in [0.29, 0.717) is 6.61 Å². The van der Waals surface area contributed by atoms with Crippen LogP contribution in [0.25, 0.3) is 0 Å². The fraction of sp³-hybridized carbons (Fsp3) is 0.500. The molecule has 0 aliphatic carbocycles. The number of aliphatic hydroxyl groups excluding tert-OH is 1. The maximum atomic E-state index is 9.13. The molecule has 0 saturated heterocycles. The quantitative estimate of drug-likeness (QED) is 0.800. The van der Waals surface area contributed by atoms with E-state index < -0.39 is 6.10 Å². The highest BCUT2D eigenvalue weighted by Gasteiger charge is 2.05. The Kier molecular flexibility index (Phi) is 3.53. The van der Waals surface area contributed by atoms with E-state index in [2.05, 4.69) is 19.1 Å². The lowest BCUT2D eigenvalue weighted by molar-refractivity contribution is 0.122. The summed E-state index contributed by atoms with van der Waals surface area (Å²) < 4.78 is 5.53. The van der Waals surface area contributed by atoms with Crippen LogP contribution < -0.4 is 4.74 Å². The van der Waals surface area contributed by atoms with Gasteiger partial charge in [-0.15, -0.1) is 0 Å². The summed E-state index contributed by atoms with van der Waals surface area (Å²) in [6.07, 6.45) is -0.421. The van der Waals surface area contributed by atoms with Crippen LogP contribution in [0, 0.1) is 20.8 Å². The largest absolute Gasteiger partial charge is 0.490 e. The van der Waals surface area contributed by atoms with Crippen molar-refractivity contribution in [1.82, 2.24) is 0 Å². The van der Waals surface area contributed by atoms with Crippen molar-refractivity contribution < 1.29 is 9.84 Å². The van der Waals surface area contributed by atoms with Gasteiger partial charge in [0.05, 0.1) is 6.10 Å². The Labute approximate surface area is 85.5 Å². The lowest BCUT2D eigenvalue weighted by atomic mass is 10.1. The maximum absolute atomic E-state index is 9.13. The first-order valence-electron chi connectivity index (χ1n) is 4.89. The predicted molar refractivity (Wildman–Crippen MR) is 57.8 cm³/mol. The Morgan fingerprint density at radius 3 is 2.14 bits per heavy atom. The Bertz CT molecular complexity index is 293.